The molecule has 9 nitrogen and oxygen atoms in total. The number of carbonyl (C=O) groups is 2. The Labute approximate surface area is 262 Å². The normalized spacial score (nSPS) is 19.1. The molecule has 2 bridgehead atoms. The summed E-state index contributed by atoms with van der Waals surface area (Å²) in [5, 5.41) is 3.13. The zero-order chi connectivity index (χ0) is 30.9. The monoisotopic (exact) mass is 603 g/mol. The van der Waals surface area contributed by atoms with Crippen molar-refractivity contribution in [1.82, 2.24) is 9.47 Å². The molecular formula is C36H37N5O4. The summed E-state index contributed by atoms with van der Waals surface area (Å²) in [7, 11) is 1.59. The first-order valence-electron chi connectivity index (χ1n) is 15.6. The van der Waals surface area contributed by atoms with E-state index in [-0.39, 0.29) is 23.3 Å². The van der Waals surface area contributed by atoms with Gasteiger partial charge in [-0.3, -0.25) is 14.4 Å². The molecule has 1 N–H and O–H groups in total. The number of benzene rings is 3. The fraction of sp³-hybridized carbons (Fsp3) is 0.306. The molecule has 3 aliphatic heterocycles. The fourth-order valence-electron chi connectivity index (χ4n) is 7.06. The largest absolute Gasteiger partial charge is 0.497 e. The third-order valence-electron chi connectivity index (χ3n) is 9.35. The summed E-state index contributed by atoms with van der Waals surface area (Å²) in [6.07, 6.45) is 1.03. The standard InChI is InChI=1S/C36H37N5O4/c1-45-30-13-10-26(11-14-30)35(43)37-31-21-27(36(44)39-18-16-38(17-19-39)29-6-3-2-4-7-29)12-15-33(31)40-22-25-20-28(24-40)32-8-5-9-34(42)41(32)23-25/h2-15,21,25,28H,16-20,22-24H2,1H3,(H,37,43)/t25-,28+/m1/s1. The van der Waals surface area contributed by atoms with Gasteiger partial charge in [-0.25, -0.2) is 0 Å². The van der Waals surface area contributed by atoms with E-state index in [9.17, 15) is 14.4 Å². The Morgan fingerprint density at radius 2 is 1.53 bits per heavy atom. The number of nitrogens with one attached hydrogen (secondary N) is 1. The van der Waals surface area contributed by atoms with Crippen LogP contribution in [0.1, 0.15) is 38.7 Å². The summed E-state index contributed by atoms with van der Waals surface area (Å²) >= 11 is 0. The van der Waals surface area contributed by atoms with Crippen LogP contribution in [0, 0.1) is 5.92 Å². The molecule has 4 aromatic rings. The van der Waals surface area contributed by atoms with E-state index in [0.29, 0.717) is 48.1 Å². The predicted molar refractivity (Wildman–Crippen MR) is 176 cm³/mol. The van der Waals surface area contributed by atoms with Crippen molar-refractivity contribution in [3.05, 3.63) is 118 Å². The Morgan fingerprint density at radius 3 is 2.29 bits per heavy atom. The Bertz CT molecular complexity index is 1760. The Hall–Kier alpha value is -5.05. The van der Waals surface area contributed by atoms with Crippen LogP contribution in [-0.4, -0.2) is 67.7 Å². The minimum absolute atomic E-state index is 0.0435. The molecule has 0 spiro atoms. The zero-order valence-electron chi connectivity index (χ0n) is 25.4. The van der Waals surface area contributed by atoms with Crippen LogP contribution < -0.4 is 25.4 Å². The van der Waals surface area contributed by atoms with Crippen molar-refractivity contribution in [3.8, 4) is 5.75 Å². The maximum Gasteiger partial charge on any atom is 0.255 e. The lowest BCUT2D eigenvalue weighted by molar-refractivity contribution is 0.0746. The Kier molecular flexibility index (Phi) is 7.75. The van der Waals surface area contributed by atoms with Gasteiger partial charge in [-0.1, -0.05) is 24.3 Å². The number of anilines is 3. The summed E-state index contributed by atoms with van der Waals surface area (Å²) in [5.41, 5.74) is 4.81. The molecule has 1 aromatic heterocycles. The second-order valence-corrected chi connectivity index (χ2v) is 12.1. The summed E-state index contributed by atoms with van der Waals surface area (Å²) in [4.78, 5) is 46.3. The molecule has 230 valence electrons. The number of methoxy groups -OCH3 is 1. The van der Waals surface area contributed by atoms with Crippen molar-refractivity contribution < 1.29 is 14.3 Å². The first kappa shape index (κ1) is 28.7. The van der Waals surface area contributed by atoms with Gasteiger partial charge in [0.05, 0.1) is 18.5 Å². The molecule has 3 aliphatic rings. The second kappa shape index (κ2) is 12.1. The molecule has 2 saturated heterocycles. The van der Waals surface area contributed by atoms with Gasteiger partial charge in [-0.2, -0.15) is 0 Å². The van der Waals surface area contributed by atoms with Gasteiger partial charge in [0.1, 0.15) is 5.75 Å². The van der Waals surface area contributed by atoms with Gasteiger partial charge in [0.25, 0.3) is 17.4 Å². The lowest BCUT2D eigenvalue weighted by Gasteiger charge is -2.44. The summed E-state index contributed by atoms with van der Waals surface area (Å²) in [6.45, 7) is 4.93. The minimum atomic E-state index is -0.255. The number of ether oxygens (including phenoxy) is 1. The maximum atomic E-state index is 13.8. The van der Waals surface area contributed by atoms with E-state index in [1.54, 1.807) is 37.4 Å². The van der Waals surface area contributed by atoms with Gasteiger partial charge >= 0.3 is 0 Å². The number of hydrogen-bond donors (Lipinski definition) is 1. The number of rotatable bonds is 6. The van der Waals surface area contributed by atoms with Crippen molar-refractivity contribution in [3.63, 3.8) is 0 Å². The quantitative estimate of drug-likeness (QED) is 0.344. The van der Waals surface area contributed by atoms with E-state index in [1.165, 1.54) is 0 Å². The highest BCUT2D eigenvalue weighted by Crippen LogP contribution is 2.39. The number of pyridine rings is 1. The van der Waals surface area contributed by atoms with Gasteiger partial charge in [-0.15, -0.1) is 0 Å². The molecule has 3 aromatic carbocycles. The molecule has 2 amide bonds. The van der Waals surface area contributed by atoms with Crippen molar-refractivity contribution in [2.45, 2.75) is 18.9 Å². The van der Waals surface area contributed by atoms with E-state index in [4.69, 9.17) is 4.74 Å². The zero-order valence-corrected chi connectivity index (χ0v) is 25.4. The third-order valence-corrected chi connectivity index (χ3v) is 9.35. The van der Waals surface area contributed by atoms with Crippen molar-refractivity contribution in [1.29, 1.82) is 0 Å². The molecule has 0 aliphatic carbocycles. The number of amides is 2. The second-order valence-electron chi connectivity index (χ2n) is 12.1. The topological polar surface area (TPSA) is 87.1 Å². The molecule has 4 heterocycles. The molecule has 45 heavy (non-hydrogen) atoms. The van der Waals surface area contributed by atoms with Crippen LogP contribution >= 0.6 is 0 Å². The smallest absolute Gasteiger partial charge is 0.255 e. The molecule has 0 unspecified atom stereocenters. The maximum absolute atomic E-state index is 13.8. The molecule has 0 radical (unpaired) electrons. The average molecular weight is 604 g/mol. The fourth-order valence-corrected chi connectivity index (χ4v) is 7.06. The number of nitrogens with zero attached hydrogens (tertiary/aromatic N) is 4. The first-order valence-corrected chi connectivity index (χ1v) is 15.6. The van der Waals surface area contributed by atoms with Crippen LogP contribution in [0.3, 0.4) is 0 Å². The van der Waals surface area contributed by atoms with Gasteiger partial charge in [0.15, 0.2) is 0 Å². The van der Waals surface area contributed by atoms with E-state index >= 15 is 0 Å². The lowest BCUT2D eigenvalue weighted by atomic mass is 9.83. The van der Waals surface area contributed by atoms with Crippen LogP contribution in [0.25, 0.3) is 0 Å². The van der Waals surface area contributed by atoms with Gasteiger partial charge < -0.3 is 29.3 Å². The number of piperazine rings is 1. The van der Waals surface area contributed by atoms with Crippen molar-refractivity contribution >= 4 is 28.9 Å². The molecular weight excluding hydrogens is 566 g/mol. The van der Waals surface area contributed by atoms with Gasteiger partial charge in [0, 0.05) is 80.3 Å². The number of fused-ring (bicyclic) bond motifs is 4. The summed E-state index contributed by atoms with van der Waals surface area (Å²) in [5.74, 6) is 0.890. The summed E-state index contributed by atoms with van der Waals surface area (Å²) < 4.78 is 7.18. The predicted octanol–water partition coefficient (Wildman–Crippen LogP) is 4.70. The van der Waals surface area contributed by atoms with E-state index < -0.39 is 0 Å². The Balaban J connectivity index is 1.16. The number of piperidine rings is 1. The minimum Gasteiger partial charge on any atom is -0.497 e. The average Bonchev–Trinajstić information content (AvgIpc) is 3.09. The lowest BCUT2D eigenvalue weighted by Crippen LogP contribution is -2.49. The highest BCUT2D eigenvalue weighted by molar-refractivity contribution is 6.07. The first-order chi connectivity index (χ1) is 22.0. The molecule has 7 rings (SSSR count). The van der Waals surface area contributed by atoms with Crippen molar-refractivity contribution in [2.24, 2.45) is 5.92 Å². The SMILES string of the molecule is COc1ccc(C(=O)Nc2cc(C(=O)N3CCN(c4ccccc4)CC3)ccc2N2C[C@H]3C[C@@H](C2)c2cccc(=O)n2C3)cc1. The highest BCUT2D eigenvalue weighted by Gasteiger charge is 2.35. The van der Waals surface area contributed by atoms with E-state index in [0.717, 1.165) is 49.7 Å². The van der Waals surface area contributed by atoms with Crippen LogP contribution in [0.4, 0.5) is 17.1 Å². The van der Waals surface area contributed by atoms with Crippen LogP contribution in [0.15, 0.2) is 95.8 Å². The molecule has 2 fully saturated rings. The molecule has 2 atom stereocenters. The molecule has 9 heteroatoms. The van der Waals surface area contributed by atoms with Crippen molar-refractivity contribution in [2.75, 3.05) is 61.5 Å². The van der Waals surface area contributed by atoms with E-state index in [2.05, 4.69) is 33.3 Å². The number of carbonyl (C=O) groups excluding carboxylic acids is 2. The number of aromatic nitrogens is 1. The van der Waals surface area contributed by atoms with Crippen LogP contribution in [-0.2, 0) is 6.54 Å². The molecule has 0 saturated carbocycles. The Morgan fingerprint density at radius 1 is 0.778 bits per heavy atom. The van der Waals surface area contributed by atoms with Gasteiger partial charge in [0.2, 0.25) is 0 Å². The van der Waals surface area contributed by atoms with Gasteiger partial charge in [-0.05, 0) is 73.0 Å². The third kappa shape index (κ3) is 5.78. The number of para-hydroxylation sites is 1. The summed E-state index contributed by atoms with van der Waals surface area (Å²) in [6, 6.07) is 28.4. The van der Waals surface area contributed by atoms with Crippen LogP contribution in [0.2, 0.25) is 0 Å². The highest BCUT2D eigenvalue weighted by atomic mass is 16.5. The number of hydrogen-bond acceptors (Lipinski definition) is 6. The van der Waals surface area contributed by atoms with E-state index in [1.807, 2.05) is 51.9 Å². The van der Waals surface area contributed by atoms with Crippen LogP contribution in [0.5, 0.6) is 5.75 Å².